The van der Waals surface area contributed by atoms with Crippen molar-refractivity contribution in [3.8, 4) is 0 Å². The lowest BCUT2D eigenvalue weighted by molar-refractivity contribution is -0.385. The predicted molar refractivity (Wildman–Crippen MR) is 101 cm³/mol. The second-order valence-electron chi connectivity index (χ2n) is 5.42. The van der Waals surface area contributed by atoms with Gasteiger partial charge in [0.05, 0.1) is 11.5 Å². The molecule has 0 aliphatic rings. The van der Waals surface area contributed by atoms with Crippen LogP contribution in [-0.2, 0) is 18.8 Å². The van der Waals surface area contributed by atoms with Crippen molar-refractivity contribution in [3.05, 3.63) is 57.7 Å². The van der Waals surface area contributed by atoms with E-state index in [1.54, 1.807) is 30.9 Å². The molecule has 1 aromatic heterocycles. The third-order valence-corrected chi connectivity index (χ3v) is 4.20. The molecular formula is C16H21FN6O2S. The van der Waals surface area contributed by atoms with Crippen molar-refractivity contribution in [2.24, 2.45) is 4.99 Å². The molecule has 0 saturated heterocycles. The first-order chi connectivity index (χ1) is 12.5. The zero-order valence-electron chi connectivity index (χ0n) is 14.6. The normalized spacial score (nSPS) is 11.4. The van der Waals surface area contributed by atoms with Gasteiger partial charge >= 0.3 is 5.69 Å². The van der Waals surface area contributed by atoms with Gasteiger partial charge in [-0.3, -0.25) is 19.8 Å². The second kappa shape index (κ2) is 9.76. The van der Waals surface area contributed by atoms with E-state index in [1.807, 2.05) is 6.26 Å². The average Bonchev–Trinajstić information content (AvgIpc) is 3.09. The molecular weight excluding hydrogens is 359 g/mol. The maximum atomic E-state index is 13.4. The van der Waals surface area contributed by atoms with Gasteiger partial charge in [0.15, 0.2) is 5.96 Å². The van der Waals surface area contributed by atoms with Crippen LogP contribution < -0.4 is 10.6 Å². The minimum atomic E-state index is -0.480. The van der Waals surface area contributed by atoms with Gasteiger partial charge in [0, 0.05) is 25.9 Å². The summed E-state index contributed by atoms with van der Waals surface area (Å²) in [6, 6.07) is 4.76. The molecule has 0 atom stereocenters. The van der Waals surface area contributed by atoms with E-state index in [-0.39, 0.29) is 11.5 Å². The van der Waals surface area contributed by atoms with E-state index in [1.165, 1.54) is 23.1 Å². The number of aromatic nitrogens is 2. The van der Waals surface area contributed by atoms with Crippen LogP contribution in [0, 0.1) is 15.9 Å². The molecule has 2 rings (SSSR count). The van der Waals surface area contributed by atoms with Gasteiger partial charge < -0.3 is 10.6 Å². The number of halogens is 1. The first kappa shape index (κ1) is 19.7. The molecule has 10 heteroatoms. The number of hydrogen-bond donors (Lipinski definition) is 2. The Labute approximate surface area is 155 Å². The Morgan fingerprint density at radius 1 is 1.42 bits per heavy atom. The molecule has 0 radical (unpaired) electrons. The van der Waals surface area contributed by atoms with Crippen molar-refractivity contribution < 1.29 is 9.31 Å². The van der Waals surface area contributed by atoms with Crippen molar-refractivity contribution in [1.29, 1.82) is 0 Å². The van der Waals surface area contributed by atoms with Crippen LogP contribution in [-0.4, -0.2) is 40.5 Å². The second-order valence-corrected chi connectivity index (χ2v) is 6.28. The molecule has 8 nitrogen and oxygen atoms in total. The molecule has 1 heterocycles. The van der Waals surface area contributed by atoms with Crippen LogP contribution in [0.1, 0.15) is 11.1 Å². The summed E-state index contributed by atoms with van der Waals surface area (Å²) >= 11 is 1.64. The topological polar surface area (TPSA) is 97.4 Å². The molecule has 0 aliphatic heterocycles. The standard InChI is InChI=1S/C16H21FN6O2S/c1-18-16(19-5-6-22-10-15(9-21-22)23(24)25)20-8-12-3-4-14(17)7-13(12)11-26-2/h3-4,7,9-10H,5-6,8,11H2,1-2H3,(H2,18,19,20). The van der Waals surface area contributed by atoms with Gasteiger partial charge in [-0.1, -0.05) is 6.07 Å². The monoisotopic (exact) mass is 380 g/mol. The SMILES string of the molecule is CN=C(NCCn1cc([N+](=O)[O-])cn1)NCc1ccc(F)cc1CSC. The fraction of sp³-hybridized carbons (Fsp3) is 0.375. The molecule has 2 aromatic rings. The number of thioether (sulfide) groups is 1. The van der Waals surface area contributed by atoms with Crippen molar-refractivity contribution in [2.75, 3.05) is 19.8 Å². The van der Waals surface area contributed by atoms with Crippen molar-refractivity contribution in [1.82, 2.24) is 20.4 Å². The number of hydrogen-bond acceptors (Lipinski definition) is 5. The van der Waals surface area contributed by atoms with E-state index < -0.39 is 4.92 Å². The van der Waals surface area contributed by atoms with Crippen LogP contribution in [0.4, 0.5) is 10.1 Å². The zero-order chi connectivity index (χ0) is 18.9. The van der Waals surface area contributed by atoms with E-state index in [4.69, 9.17) is 0 Å². The van der Waals surface area contributed by atoms with E-state index in [2.05, 4.69) is 20.7 Å². The largest absolute Gasteiger partial charge is 0.355 e. The number of nitro groups is 1. The summed E-state index contributed by atoms with van der Waals surface area (Å²) in [5.74, 6) is 1.08. The Bertz CT molecular complexity index is 780. The van der Waals surface area contributed by atoms with Crippen LogP contribution in [0.15, 0.2) is 35.6 Å². The van der Waals surface area contributed by atoms with Gasteiger partial charge in [-0.05, 0) is 29.5 Å². The summed E-state index contributed by atoms with van der Waals surface area (Å²) in [5, 5.41) is 20.9. The van der Waals surface area contributed by atoms with Gasteiger partial charge in [0.2, 0.25) is 0 Å². The fourth-order valence-corrected chi connectivity index (χ4v) is 2.89. The molecule has 1 aromatic carbocycles. The summed E-state index contributed by atoms with van der Waals surface area (Å²) in [5.41, 5.74) is 1.92. The lowest BCUT2D eigenvalue weighted by atomic mass is 10.1. The maximum Gasteiger partial charge on any atom is 0.306 e. The Kier molecular flexibility index (Phi) is 7.39. The van der Waals surface area contributed by atoms with Gasteiger partial charge in [-0.15, -0.1) is 0 Å². The third kappa shape index (κ3) is 5.73. The molecule has 0 saturated carbocycles. The van der Waals surface area contributed by atoms with Crippen LogP contribution in [0.25, 0.3) is 0 Å². The van der Waals surface area contributed by atoms with Gasteiger partial charge in [0.1, 0.15) is 18.2 Å². The van der Waals surface area contributed by atoms with Crippen LogP contribution >= 0.6 is 11.8 Å². The minimum Gasteiger partial charge on any atom is -0.355 e. The van der Waals surface area contributed by atoms with Crippen LogP contribution in [0.2, 0.25) is 0 Å². The first-order valence-electron chi connectivity index (χ1n) is 7.91. The van der Waals surface area contributed by atoms with Gasteiger partial charge in [-0.2, -0.15) is 16.9 Å². The third-order valence-electron chi connectivity index (χ3n) is 3.60. The molecule has 0 unspecified atom stereocenters. The average molecular weight is 380 g/mol. The number of nitrogens with zero attached hydrogens (tertiary/aromatic N) is 4. The molecule has 140 valence electrons. The highest BCUT2D eigenvalue weighted by Gasteiger charge is 2.09. The summed E-state index contributed by atoms with van der Waals surface area (Å²) < 4.78 is 14.9. The number of aliphatic imine (C=N–C) groups is 1. The summed E-state index contributed by atoms with van der Waals surface area (Å²) in [6.45, 7) is 1.48. The summed E-state index contributed by atoms with van der Waals surface area (Å²) in [6.07, 6.45) is 4.57. The highest BCUT2D eigenvalue weighted by molar-refractivity contribution is 7.97. The molecule has 0 aliphatic carbocycles. The lowest BCUT2D eigenvalue weighted by Crippen LogP contribution is -2.38. The zero-order valence-corrected chi connectivity index (χ0v) is 15.4. The van der Waals surface area contributed by atoms with Crippen molar-refractivity contribution in [2.45, 2.75) is 18.8 Å². The predicted octanol–water partition coefficient (Wildman–Crippen LogP) is 2.16. The maximum absolute atomic E-state index is 13.4. The lowest BCUT2D eigenvalue weighted by Gasteiger charge is -2.14. The smallest absolute Gasteiger partial charge is 0.306 e. The van der Waals surface area contributed by atoms with Gasteiger partial charge in [-0.25, -0.2) is 4.39 Å². The first-order valence-corrected chi connectivity index (χ1v) is 9.30. The Balaban J connectivity index is 1.85. The van der Waals surface area contributed by atoms with E-state index >= 15 is 0 Å². The Morgan fingerprint density at radius 2 is 2.23 bits per heavy atom. The number of benzene rings is 1. The Morgan fingerprint density at radius 3 is 2.88 bits per heavy atom. The summed E-state index contributed by atoms with van der Waals surface area (Å²) in [4.78, 5) is 14.3. The van der Waals surface area contributed by atoms with Crippen LogP contribution in [0.3, 0.4) is 0 Å². The molecule has 0 bridgehead atoms. The van der Waals surface area contributed by atoms with Crippen molar-refractivity contribution >= 4 is 23.4 Å². The van der Waals surface area contributed by atoms with Crippen LogP contribution in [0.5, 0.6) is 0 Å². The van der Waals surface area contributed by atoms with Crippen molar-refractivity contribution in [3.63, 3.8) is 0 Å². The molecule has 26 heavy (non-hydrogen) atoms. The molecule has 0 fully saturated rings. The minimum absolute atomic E-state index is 0.0369. The van der Waals surface area contributed by atoms with E-state index in [9.17, 15) is 14.5 Å². The number of guanidine groups is 1. The highest BCUT2D eigenvalue weighted by atomic mass is 32.2. The number of nitrogens with one attached hydrogen (secondary N) is 2. The highest BCUT2D eigenvalue weighted by Crippen LogP contribution is 2.16. The Hall–Kier alpha value is -2.62. The quantitative estimate of drug-likeness (QED) is 0.315. The molecule has 0 spiro atoms. The number of rotatable bonds is 8. The van der Waals surface area contributed by atoms with E-state index in [0.717, 1.165) is 16.9 Å². The van der Waals surface area contributed by atoms with Gasteiger partial charge in [0.25, 0.3) is 0 Å². The summed E-state index contributed by atoms with van der Waals surface area (Å²) in [7, 11) is 1.65. The van der Waals surface area contributed by atoms with E-state index in [0.29, 0.717) is 25.6 Å². The molecule has 2 N–H and O–H groups in total. The molecule has 0 amide bonds. The fourth-order valence-electron chi connectivity index (χ4n) is 2.31.